The Kier molecular flexibility index (Phi) is 4.24. The van der Waals surface area contributed by atoms with Crippen LogP contribution in [-0.2, 0) is 13.1 Å². The minimum Gasteiger partial charge on any atom is -0.296 e. The third-order valence-electron chi connectivity index (χ3n) is 3.79. The molecule has 0 atom stereocenters. The highest BCUT2D eigenvalue weighted by atomic mass is 16.2. The molecule has 0 aliphatic heterocycles. The van der Waals surface area contributed by atoms with Gasteiger partial charge in [0.2, 0.25) is 0 Å². The van der Waals surface area contributed by atoms with Crippen LogP contribution in [0.2, 0.25) is 0 Å². The maximum atomic E-state index is 12.7. The lowest BCUT2D eigenvalue weighted by molar-refractivity contribution is 0.605. The van der Waals surface area contributed by atoms with E-state index in [4.69, 9.17) is 0 Å². The van der Waals surface area contributed by atoms with Gasteiger partial charge in [0.25, 0.3) is 5.56 Å². The fraction of sp³-hybridized carbons (Fsp3) is 0.158. The van der Waals surface area contributed by atoms with Crippen LogP contribution in [0.1, 0.15) is 16.7 Å². The van der Waals surface area contributed by atoms with Gasteiger partial charge in [0.1, 0.15) is 0 Å². The van der Waals surface area contributed by atoms with Crippen LogP contribution < -0.4 is 11.2 Å². The summed E-state index contributed by atoms with van der Waals surface area (Å²) in [5.74, 6) is 0. The van der Waals surface area contributed by atoms with Crippen LogP contribution in [0.25, 0.3) is 0 Å². The van der Waals surface area contributed by atoms with Crippen LogP contribution in [0.3, 0.4) is 0 Å². The van der Waals surface area contributed by atoms with Crippen LogP contribution in [-0.4, -0.2) is 9.13 Å². The SMILES string of the molecule is Cc1cn(Cc2ccccc2)c(=O)n(Cc2ccccc2)c1=O. The van der Waals surface area contributed by atoms with Crippen molar-refractivity contribution in [3.63, 3.8) is 0 Å². The van der Waals surface area contributed by atoms with E-state index < -0.39 is 0 Å². The Hall–Kier alpha value is -2.88. The van der Waals surface area contributed by atoms with Crippen molar-refractivity contribution in [2.75, 3.05) is 0 Å². The van der Waals surface area contributed by atoms with E-state index in [9.17, 15) is 9.59 Å². The summed E-state index contributed by atoms with van der Waals surface area (Å²) < 4.78 is 2.89. The molecule has 0 aliphatic rings. The zero-order chi connectivity index (χ0) is 16.2. The zero-order valence-electron chi connectivity index (χ0n) is 13.0. The van der Waals surface area contributed by atoms with Gasteiger partial charge in [-0.2, -0.15) is 0 Å². The summed E-state index contributed by atoms with van der Waals surface area (Å²) in [6.07, 6.45) is 1.64. The van der Waals surface area contributed by atoms with Crippen LogP contribution >= 0.6 is 0 Å². The molecule has 23 heavy (non-hydrogen) atoms. The van der Waals surface area contributed by atoms with E-state index in [-0.39, 0.29) is 17.8 Å². The van der Waals surface area contributed by atoms with E-state index in [1.54, 1.807) is 17.7 Å². The predicted molar refractivity (Wildman–Crippen MR) is 90.8 cm³/mol. The van der Waals surface area contributed by atoms with Gasteiger partial charge >= 0.3 is 5.69 Å². The Balaban J connectivity index is 2.03. The molecule has 0 N–H and O–H groups in total. The van der Waals surface area contributed by atoms with Gasteiger partial charge < -0.3 is 0 Å². The molecule has 4 nitrogen and oxygen atoms in total. The highest BCUT2D eigenvalue weighted by Crippen LogP contribution is 2.02. The first-order valence-corrected chi connectivity index (χ1v) is 7.54. The molecule has 0 saturated heterocycles. The highest BCUT2D eigenvalue weighted by Gasteiger charge is 2.09. The molecular formula is C19H18N2O2. The third kappa shape index (κ3) is 3.31. The highest BCUT2D eigenvalue weighted by molar-refractivity contribution is 5.17. The fourth-order valence-electron chi connectivity index (χ4n) is 2.60. The number of nitrogens with zero attached hydrogens (tertiary/aromatic N) is 2. The van der Waals surface area contributed by atoms with Crippen LogP contribution in [0.15, 0.2) is 76.4 Å². The summed E-state index contributed by atoms with van der Waals surface area (Å²) in [7, 11) is 0. The minimum atomic E-state index is -0.284. The van der Waals surface area contributed by atoms with Crippen LogP contribution in [0.4, 0.5) is 0 Å². The Labute approximate surface area is 134 Å². The van der Waals surface area contributed by atoms with E-state index >= 15 is 0 Å². The minimum absolute atomic E-state index is 0.233. The molecule has 116 valence electrons. The number of aryl methyl sites for hydroxylation is 1. The van der Waals surface area contributed by atoms with E-state index in [0.717, 1.165) is 11.1 Å². The standard InChI is InChI=1S/C19H18N2O2/c1-15-12-20(13-16-8-4-2-5-9-16)19(23)21(18(15)22)14-17-10-6-3-7-11-17/h2-12H,13-14H2,1H3. The molecule has 0 saturated carbocycles. The summed E-state index contributed by atoms with van der Waals surface area (Å²) >= 11 is 0. The van der Waals surface area contributed by atoms with Gasteiger partial charge in [0, 0.05) is 11.8 Å². The van der Waals surface area contributed by atoms with Crippen molar-refractivity contribution < 1.29 is 0 Å². The maximum absolute atomic E-state index is 12.7. The lowest BCUT2D eigenvalue weighted by Crippen LogP contribution is -2.41. The first-order chi connectivity index (χ1) is 11.1. The van der Waals surface area contributed by atoms with Crippen molar-refractivity contribution >= 4 is 0 Å². The van der Waals surface area contributed by atoms with Gasteiger partial charge in [0.05, 0.1) is 13.1 Å². The van der Waals surface area contributed by atoms with Crippen molar-refractivity contribution in [3.05, 3.63) is 104 Å². The second kappa shape index (κ2) is 6.48. The summed E-state index contributed by atoms with van der Waals surface area (Å²) in [6, 6.07) is 19.3. The Morgan fingerprint density at radius 1 is 0.783 bits per heavy atom. The Morgan fingerprint density at radius 2 is 1.30 bits per heavy atom. The number of benzene rings is 2. The van der Waals surface area contributed by atoms with Gasteiger partial charge in [-0.1, -0.05) is 60.7 Å². The molecule has 0 aliphatic carbocycles. The third-order valence-corrected chi connectivity index (χ3v) is 3.79. The number of hydrogen-bond acceptors (Lipinski definition) is 2. The molecule has 0 fully saturated rings. The average Bonchev–Trinajstić information content (AvgIpc) is 2.58. The van der Waals surface area contributed by atoms with Crippen LogP contribution in [0.5, 0.6) is 0 Å². The number of aromatic nitrogens is 2. The Bertz CT molecular complexity index is 910. The second-order valence-electron chi connectivity index (χ2n) is 5.59. The molecule has 4 heteroatoms. The van der Waals surface area contributed by atoms with E-state index in [1.807, 2.05) is 60.7 Å². The molecule has 2 aromatic carbocycles. The zero-order valence-corrected chi connectivity index (χ0v) is 13.0. The molecular weight excluding hydrogens is 288 g/mol. The van der Waals surface area contributed by atoms with Gasteiger partial charge in [-0.05, 0) is 18.1 Å². The maximum Gasteiger partial charge on any atom is 0.331 e. The largest absolute Gasteiger partial charge is 0.331 e. The predicted octanol–water partition coefficient (Wildman–Crippen LogP) is 2.42. The molecule has 0 spiro atoms. The van der Waals surface area contributed by atoms with Crippen molar-refractivity contribution in [1.29, 1.82) is 0 Å². The molecule has 0 radical (unpaired) electrons. The van der Waals surface area contributed by atoms with E-state index in [0.29, 0.717) is 12.1 Å². The topological polar surface area (TPSA) is 44.0 Å². The molecule has 0 bridgehead atoms. The summed E-state index contributed by atoms with van der Waals surface area (Å²) in [6.45, 7) is 2.48. The summed E-state index contributed by atoms with van der Waals surface area (Å²) in [5, 5.41) is 0. The van der Waals surface area contributed by atoms with Crippen molar-refractivity contribution in [3.8, 4) is 0 Å². The molecule has 1 aromatic heterocycles. The van der Waals surface area contributed by atoms with Gasteiger partial charge in [-0.15, -0.1) is 0 Å². The fourth-order valence-corrected chi connectivity index (χ4v) is 2.60. The number of hydrogen-bond donors (Lipinski definition) is 0. The van der Waals surface area contributed by atoms with Gasteiger partial charge in [-0.25, -0.2) is 4.79 Å². The second-order valence-corrected chi connectivity index (χ2v) is 5.59. The summed E-state index contributed by atoms with van der Waals surface area (Å²) in [4.78, 5) is 25.0. The molecule has 3 aromatic rings. The van der Waals surface area contributed by atoms with Gasteiger partial charge in [0.15, 0.2) is 0 Å². The van der Waals surface area contributed by atoms with Crippen molar-refractivity contribution in [2.24, 2.45) is 0 Å². The smallest absolute Gasteiger partial charge is 0.296 e. The summed E-state index contributed by atoms with van der Waals surface area (Å²) in [5.41, 5.74) is 2.01. The first kappa shape index (κ1) is 15.0. The van der Waals surface area contributed by atoms with Crippen LogP contribution in [0, 0.1) is 6.92 Å². The normalized spacial score (nSPS) is 10.7. The van der Waals surface area contributed by atoms with Crippen molar-refractivity contribution in [2.45, 2.75) is 20.0 Å². The molecule has 0 amide bonds. The molecule has 3 rings (SSSR count). The average molecular weight is 306 g/mol. The van der Waals surface area contributed by atoms with E-state index in [2.05, 4.69) is 0 Å². The quantitative estimate of drug-likeness (QED) is 0.743. The monoisotopic (exact) mass is 306 g/mol. The number of rotatable bonds is 4. The lowest BCUT2D eigenvalue weighted by Gasteiger charge is -2.12. The Morgan fingerprint density at radius 3 is 1.87 bits per heavy atom. The van der Waals surface area contributed by atoms with E-state index in [1.165, 1.54) is 4.57 Å². The molecule has 1 heterocycles. The van der Waals surface area contributed by atoms with Crippen molar-refractivity contribution in [1.82, 2.24) is 9.13 Å². The molecule has 0 unspecified atom stereocenters. The van der Waals surface area contributed by atoms with Gasteiger partial charge in [-0.3, -0.25) is 13.9 Å². The first-order valence-electron chi connectivity index (χ1n) is 7.54. The lowest BCUT2D eigenvalue weighted by atomic mass is 10.2.